The molecule has 2 amide bonds. The first-order chi connectivity index (χ1) is 14.1. The lowest BCUT2D eigenvalue weighted by molar-refractivity contribution is 0.0929. The van der Waals surface area contributed by atoms with Crippen molar-refractivity contribution in [2.45, 2.75) is 38.6 Å². The fraction of sp³-hybridized carbons (Fsp3) is 0.417. The van der Waals surface area contributed by atoms with E-state index in [1.807, 2.05) is 55.5 Å². The van der Waals surface area contributed by atoms with Crippen molar-refractivity contribution in [3.8, 4) is 0 Å². The fourth-order valence-electron chi connectivity index (χ4n) is 3.83. The molecule has 5 nitrogen and oxygen atoms in total. The van der Waals surface area contributed by atoms with Crippen LogP contribution in [0.4, 0.5) is 5.69 Å². The number of hydrogen-bond acceptors (Lipinski definition) is 3. The number of nitrogens with zero attached hydrogens (tertiary/aromatic N) is 1. The van der Waals surface area contributed by atoms with Crippen LogP contribution >= 0.6 is 0 Å². The summed E-state index contributed by atoms with van der Waals surface area (Å²) in [5, 5.41) is 6.23. The van der Waals surface area contributed by atoms with Gasteiger partial charge in [-0.3, -0.25) is 9.59 Å². The lowest BCUT2D eigenvalue weighted by Crippen LogP contribution is -2.45. The molecule has 1 saturated heterocycles. The lowest BCUT2D eigenvalue weighted by Gasteiger charge is -2.35. The second kappa shape index (κ2) is 8.68. The smallest absolute Gasteiger partial charge is 0.253 e. The van der Waals surface area contributed by atoms with E-state index in [2.05, 4.69) is 15.5 Å². The fourth-order valence-corrected chi connectivity index (χ4v) is 3.83. The molecule has 1 aliphatic carbocycles. The molecule has 1 saturated carbocycles. The van der Waals surface area contributed by atoms with E-state index >= 15 is 0 Å². The maximum atomic E-state index is 12.6. The summed E-state index contributed by atoms with van der Waals surface area (Å²) >= 11 is 0. The van der Waals surface area contributed by atoms with E-state index in [4.69, 9.17) is 0 Å². The second-order valence-corrected chi connectivity index (χ2v) is 8.27. The highest BCUT2D eigenvalue weighted by Crippen LogP contribution is 2.28. The molecule has 2 aliphatic rings. The molecule has 0 spiro atoms. The minimum Gasteiger partial charge on any atom is -0.371 e. The number of amides is 2. The van der Waals surface area contributed by atoms with Crippen molar-refractivity contribution >= 4 is 17.5 Å². The van der Waals surface area contributed by atoms with Gasteiger partial charge < -0.3 is 15.5 Å². The maximum Gasteiger partial charge on any atom is 0.253 e. The van der Waals surface area contributed by atoms with Gasteiger partial charge in [-0.25, -0.2) is 0 Å². The molecule has 2 aromatic rings. The van der Waals surface area contributed by atoms with Crippen molar-refractivity contribution in [3.05, 3.63) is 65.2 Å². The van der Waals surface area contributed by atoms with Crippen molar-refractivity contribution in [2.24, 2.45) is 5.92 Å². The normalized spacial score (nSPS) is 17.1. The molecular formula is C24H29N3O2. The first-order valence-electron chi connectivity index (χ1n) is 10.6. The topological polar surface area (TPSA) is 61.4 Å². The number of benzene rings is 2. The summed E-state index contributed by atoms with van der Waals surface area (Å²) in [7, 11) is 0. The minimum atomic E-state index is -0.0108. The number of hydrogen-bond donors (Lipinski definition) is 2. The summed E-state index contributed by atoms with van der Waals surface area (Å²) in [6.45, 7) is 4.44. The van der Waals surface area contributed by atoms with E-state index in [-0.39, 0.29) is 17.9 Å². The highest BCUT2D eigenvalue weighted by Gasteiger charge is 2.25. The Labute approximate surface area is 172 Å². The lowest BCUT2D eigenvalue weighted by atomic mass is 10.0. The van der Waals surface area contributed by atoms with E-state index in [1.165, 1.54) is 12.8 Å². The molecule has 2 aromatic carbocycles. The van der Waals surface area contributed by atoms with Gasteiger partial charge in [0, 0.05) is 36.9 Å². The van der Waals surface area contributed by atoms with E-state index in [9.17, 15) is 9.59 Å². The Bertz CT molecular complexity index is 866. The third kappa shape index (κ3) is 4.97. The van der Waals surface area contributed by atoms with Gasteiger partial charge >= 0.3 is 0 Å². The summed E-state index contributed by atoms with van der Waals surface area (Å²) in [4.78, 5) is 27.4. The van der Waals surface area contributed by atoms with Gasteiger partial charge in [-0.15, -0.1) is 0 Å². The first-order valence-corrected chi connectivity index (χ1v) is 10.6. The number of rotatable bonds is 6. The molecule has 2 N–H and O–H groups in total. The molecule has 1 aliphatic heterocycles. The van der Waals surface area contributed by atoms with E-state index in [0.717, 1.165) is 49.3 Å². The Balaban J connectivity index is 1.34. The Hall–Kier alpha value is -2.82. The first kappa shape index (κ1) is 19.5. The Morgan fingerprint density at radius 1 is 0.931 bits per heavy atom. The van der Waals surface area contributed by atoms with Crippen molar-refractivity contribution in [1.82, 2.24) is 10.6 Å². The predicted octanol–water partition coefficient (Wildman–Crippen LogP) is 3.53. The summed E-state index contributed by atoms with van der Waals surface area (Å²) < 4.78 is 0. The summed E-state index contributed by atoms with van der Waals surface area (Å²) in [6.07, 6.45) is 4.19. The van der Waals surface area contributed by atoms with Gasteiger partial charge in [-0.1, -0.05) is 29.8 Å². The van der Waals surface area contributed by atoms with Crippen molar-refractivity contribution in [2.75, 3.05) is 24.5 Å². The van der Waals surface area contributed by atoms with Crippen molar-refractivity contribution in [3.63, 3.8) is 0 Å². The number of nitrogens with one attached hydrogen (secondary N) is 2. The molecule has 29 heavy (non-hydrogen) atoms. The molecule has 4 rings (SSSR count). The highest BCUT2D eigenvalue weighted by atomic mass is 16.2. The van der Waals surface area contributed by atoms with Gasteiger partial charge in [-0.05, 0) is 62.8 Å². The van der Waals surface area contributed by atoms with Gasteiger partial charge in [0.2, 0.25) is 0 Å². The number of piperidine rings is 1. The zero-order valence-electron chi connectivity index (χ0n) is 17.0. The van der Waals surface area contributed by atoms with E-state index in [0.29, 0.717) is 11.5 Å². The van der Waals surface area contributed by atoms with E-state index < -0.39 is 0 Å². The van der Waals surface area contributed by atoms with Crippen LogP contribution < -0.4 is 15.5 Å². The van der Waals surface area contributed by atoms with Crippen molar-refractivity contribution in [1.29, 1.82) is 0 Å². The van der Waals surface area contributed by atoms with Crippen LogP contribution in [0.3, 0.4) is 0 Å². The minimum absolute atomic E-state index is 0.0108. The summed E-state index contributed by atoms with van der Waals surface area (Å²) in [6, 6.07) is 15.7. The molecule has 1 heterocycles. The third-order valence-corrected chi connectivity index (χ3v) is 5.88. The Kier molecular flexibility index (Phi) is 5.84. The van der Waals surface area contributed by atoms with Gasteiger partial charge in [0.15, 0.2) is 0 Å². The predicted molar refractivity (Wildman–Crippen MR) is 115 cm³/mol. The SMILES string of the molecule is Cc1ccc(C(=O)NC2CCN(c3ccccc3C(=O)NCC3CC3)CC2)cc1. The van der Waals surface area contributed by atoms with Crippen LogP contribution in [0.5, 0.6) is 0 Å². The average molecular weight is 392 g/mol. The van der Waals surface area contributed by atoms with Crippen LogP contribution in [0, 0.1) is 12.8 Å². The number of carbonyl (C=O) groups excluding carboxylic acids is 2. The number of aryl methyl sites for hydroxylation is 1. The third-order valence-electron chi connectivity index (χ3n) is 5.88. The van der Waals surface area contributed by atoms with Crippen LogP contribution in [0.15, 0.2) is 48.5 Å². The van der Waals surface area contributed by atoms with Gasteiger partial charge in [-0.2, -0.15) is 0 Å². The highest BCUT2D eigenvalue weighted by molar-refractivity contribution is 6.00. The number of anilines is 1. The van der Waals surface area contributed by atoms with Crippen LogP contribution in [0.2, 0.25) is 0 Å². The van der Waals surface area contributed by atoms with Gasteiger partial charge in [0.1, 0.15) is 0 Å². The molecule has 152 valence electrons. The van der Waals surface area contributed by atoms with Crippen molar-refractivity contribution < 1.29 is 9.59 Å². The molecule has 0 bridgehead atoms. The monoisotopic (exact) mass is 391 g/mol. The van der Waals surface area contributed by atoms with Crippen LogP contribution in [-0.4, -0.2) is 37.5 Å². The van der Waals surface area contributed by atoms with Gasteiger partial charge in [0.05, 0.1) is 5.56 Å². The second-order valence-electron chi connectivity index (χ2n) is 8.27. The number of para-hydroxylation sites is 1. The molecule has 2 fully saturated rings. The van der Waals surface area contributed by atoms with Crippen LogP contribution in [0.25, 0.3) is 0 Å². The standard InChI is InChI=1S/C24H29N3O2/c1-17-6-10-19(11-7-17)23(28)26-20-12-14-27(15-13-20)22-5-3-2-4-21(22)24(29)25-16-18-8-9-18/h2-7,10-11,18,20H,8-9,12-16H2,1H3,(H,25,29)(H,26,28). The van der Waals surface area contributed by atoms with Crippen LogP contribution in [-0.2, 0) is 0 Å². The molecule has 0 atom stereocenters. The zero-order chi connectivity index (χ0) is 20.2. The molecule has 0 unspecified atom stereocenters. The summed E-state index contributed by atoms with van der Waals surface area (Å²) in [5.41, 5.74) is 3.59. The van der Waals surface area contributed by atoms with E-state index in [1.54, 1.807) is 0 Å². The Morgan fingerprint density at radius 3 is 2.31 bits per heavy atom. The summed E-state index contributed by atoms with van der Waals surface area (Å²) in [5.74, 6) is 0.671. The maximum absolute atomic E-state index is 12.6. The quantitative estimate of drug-likeness (QED) is 0.792. The average Bonchev–Trinajstić information content (AvgIpc) is 3.57. The molecular weight excluding hydrogens is 362 g/mol. The molecule has 0 radical (unpaired) electrons. The molecule has 0 aromatic heterocycles. The number of carbonyl (C=O) groups is 2. The largest absolute Gasteiger partial charge is 0.371 e. The van der Waals surface area contributed by atoms with Crippen LogP contribution in [0.1, 0.15) is 52.0 Å². The molecule has 5 heteroatoms. The Morgan fingerprint density at radius 2 is 1.62 bits per heavy atom. The zero-order valence-corrected chi connectivity index (χ0v) is 17.0. The van der Waals surface area contributed by atoms with Gasteiger partial charge in [0.25, 0.3) is 11.8 Å².